The summed E-state index contributed by atoms with van der Waals surface area (Å²) in [6, 6.07) is 0.539. The lowest BCUT2D eigenvalue weighted by Gasteiger charge is -2.10. The molecule has 3 nitrogen and oxygen atoms in total. The van der Waals surface area contributed by atoms with Crippen molar-refractivity contribution in [1.82, 2.24) is 14.7 Å². The third-order valence-electron chi connectivity index (χ3n) is 1.89. The van der Waals surface area contributed by atoms with Crippen LogP contribution < -0.4 is 5.32 Å². The molecule has 1 aromatic heterocycles. The molecular weight excluding hydrogens is 170 g/mol. The monoisotopic (exact) mass is 185 g/mol. The first-order chi connectivity index (χ1) is 5.76. The highest BCUT2D eigenvalue weighted by Gasteiger charge is 2.07. The van der Waals surface area contributed by atoms with Crippen LogP contribution in [-0.4, -0.2) is 22.4 Å². The Morgan fingerprint density at radius 1 is 1.58 bits per heavy atom. The standard InChI is InChI=1S/C8H15N3S/c1-4-7(9-3)5-8-10-6(2)11-12-8/h7,9H,4-5H2,1-3H3. The summed E-state index contributed by atoms with van der Waals surface area (Å²) in [5, 5.41) is 4.38. The van der Waals surface area contributed by atoms with Crippen molar-refractivity contribution in [3.05, 3.63) is 10.8 Å². The fraction of sp³-hybridized carbons (Fsp3) is 0.750. The van der Waals surface area contributed by atoms with Gasteiger partial charge in [0.15, 0.2) is 0 Å². The van der Waals surface area contributed by atoms with Crippen LogP contribution in [-0.2, 0) is 6.42 Å². The third-order valence-corrected chi connectivity index (χ3v) is 2.72. The molecule has 0 amide bonds. The molecule has 68 valence electrons. The molecule has 0 saturated heterocycles. The van der Waals surface area contributed by atoms with Gasteiger partial charge in [-0.05, 0) is 31.9 Å². The van der Waals surface area contributed by atoms with Gasteiger partial charge in [-0.15, -0.1) is 0 Å². The number of hydrogen-bond donors (Lipinski definition) is 1. The highest BCUT2D eigenvalue weighted by molar-refractivity contribution is 7.05. The zero-order valence-electron chi connectivity index (χ0n) is 7.79. The summed E-state index contributed by atoms with van der Waals surface area (Å²) in [5.41, 5.74) is 0. The maximum atomic E-state index is 4.31. The van der Waals surface area contributed by atoms with E-state index in [2.05, 4.69) is 21.6 Å². The molecule has 0 saturated carbocycles. The first-order valence-electron chi connectivity index (χ1n) is 4.22. The van der Waals surface area contributed by atoms with E-state index in [1.54, 1.807) is 0 Å². The van der Waals surface area contributed by atoms with Crippen molar-refractivity contribution in [2.24, 2.45) is 0 Å². The minimum absolute atomic E-state index is 0.539. The highest BCUT2D eigenvalue weighted by atomic mass is 32.1. The Labute approximate surface area is 77.4 Å². The smallest absolute Gasteiger partial charge is 0.139 e. The van der Waals surface area contributed by atoms with E-state index in [1.807, 2.05) is 14.0 Å². The Balaban J connectivity index is 2.50. The second kappa shape index (κ2) is 4.52. The first kappa shape index (κ1) is 9.61. The van der Waals surface area contributed by atoms with Crippen LogP contribution in [0.3, 0.4) is 0 Å². The summed E-state index contributed by atoms with van der Waals surface area (Å²) < 4.78 is 4.14. The van der Waals surface area contributed by atoms with Gasteiger partial charge in [-0.1, -0.05) is 6.92 Å². The lowest BCUT2D eigenvalue weighted by Crippen LogP contribution is -2.26. The molecule has 1 heterocycles. The molecule has 0 bridgehead atoms. The number of aryl methyl sites for hydroxylation is 1. The summed E-state index contributed by atoms with van der Waals surface area (Å²) in [6.45, 7) is 4.11. The van der Waals surface area contributed by atoms with Gasteiger partial charge in [0, 0.05) is 12.5 Å². The van der Waals surface area contributed by atoms with Gasteiger partial charge in [-0.3, -0.25) is 0 Å². The molecule has 12 heavy (non-hydrogen) atoms. The molecule has 0 aromatic carbocycles. The number of aromatic nitrogens is 2. The highest BCUT2D eigenvalue weighted by Crippen LogP contribution is 2.08. The maximum absolute atomic E-state index is 4.31. The SMILES string of the molecule is CCC(Cc1nc(C)ns1)NC. The topological polar surface area (TPSA) is 37.8 Å². The molecule has 0 spiro atoms. The van der Waals surface area contributed by atoms with Crippen molar-refractivity contribution in [1.29, 1.82) is 0 Å². The van der Waals surface area contributed by atoms with Gasteiger partial charge in [-0.2, -0.15) is 4.37 Å². The van der Waals surface area contributed by atoms with E-state index in [-0.39, 0.29) is 0 Å². The van der Waals surface area contributed by atoms with Gasteiger partial charge in [-0.25, -0.2) is 4.98 Å². The van der Waals surface area contributed by atoms with Crippen LogP contribution in [0.1, 0.15) is 24.2 Å². The van der Waals surface area contributed by atoms with Crippen LogP contribution in [0.15, 0.2) is 0 Å². The second-order valence-electron chi connectivity index (χ2n) is 2.83. The maximum Gasteiger partial charge on any atom is 0.139 e. The molecule has 1 atom stereocenters. The predicted molar refractivity (Wildman–Crippen MR) is 51.5 cm³/mol. The van der Waals surface area contributed by atoms with E-state index in [0.29, 0.717) is 6.04 Å². The predicted octanol–water partition coefficient (Wildman–Crippen LogP) is 1.39. The van der Waals surface area contributed by atoms with Gasteiger partial charge in [0.25, 0.3) is 0 Å². The molecule has 1 unspecified atom stereocenters. The average Bonchev–Trinajstić information content (AvgIpc) is 2.47. The number of hydrogen-bond acceptors (Lipinski definition) is 4. The van der Waals surface area contributed by atoms with Crippen molar-refractivity contribution < 1.29 is 0 Å². The number of nitrogens with zero attached hydrogens (tertiary/aromatic N) is 2. The quantitative estimate of drug-likeness (QED) is 0.770. The fourth-order valence-corrected chi connectivity index (χ4v) is 1.81. The van der Waals surface area contributed by atoms with Crippen LogP contribution in [0.5, 0.6) is 0 Å². The number of nitrogens with one attached hydrogen (secondary N) is 1. The van der Waals surface area contributed by atoms with Crippen molar-refractivity contribution in [2.45, 2.75) is 32.7 Å². The fourth-order valence-electron chi connectivity index (χ4n) is 1.08. The van der Waals surface area contributed by atoms with Gasteiger partial charge >= 0.3 is 0 Å². The average molecular weight is 185 g/mol. The summed E-state index contributed by atoms with van der Waals surface area (Å²) >= 11 is 1.51. The van der Waals surface area contributed by atoms with Gasteiger partial charge in [0.2, 0.25) is 0 Å². The molecule has 4 heteroatoms. The summed E-state index contributed by atoms with van der Waals surface area (Å²) in [7, 11) is 1.99. The molecule has 1 aromatic rings. The summed E-state index contributed by atoms with van der Waals surface area (Å²) in [4.78, 5) is 4.31. The number of rotatable bonds is 4. The van der Waals surface area contributed by atoms with Crippen molar-refractivity contribution >= 4 is 11.5 Å². The molecule has 0 aliphatic rings. The summed E-state index contributed by atoms with van der Waals surface area (Å²) in [6.07, 6.45) is 2.13. The Morgan fingerprint density at radius 3 is 2.75 bits per heavy atom. The molecule has 1 rings (SSSR count). The van der Waals surface area contributed by atoms with Gasteiger partial charge in [0.1, 0.15) is 10.8 Å². The molecule has 1 N–H and O–H groups in total. The van der Waals surface area contributed by atoms with E-state index in [1.165, 1.54) is 11.5 Å². The van der Waals surface area contributed by atoms with Crippen LogP contribution >= 0.6 is 11.5 Å². The second-order valence-corrected chi connectivity index (χ2v) is 3.67. The molecule has 0 fully saturated rings. The van der Waals surface area contributed by atoms with E-state index in [9.17, 15) is 0 Å². The molecule has 0 aliphatic heterocycles. The summed E-state index contributed by atoms with van der Waals surface area (Å²) in [5.74, 6) is 0.890. The van der Waals surface area contributed by atoms with E-state index in [4.69, 9.17) is 0 Å². The van der Waals surface area contributed by atoms with Gasteiger partial charge < -0.3 is 5.32 Å². The lowest BCUT2D eigenvalue weighted by atomic mass is 10.2. The Morgan fingerprint density at radius 2 is 2.33 bits per heavy atom. The van der Waals surface area contributed by atoms with Crippen molar-refractivity contribution in [3.63, 3.8) is 0 Å². The largest absolute Gasteiger partial charge is 0.317 e. The zero-order chi connectivity index (χ0) is 8.97. The first-order valence-corrected chi connectivity index (χ1v) is 5.00. The Hall–Kier alpha value is -0.480. The minimum Gasteiger partial charge on any atom is -0.317 e. The number of likely N-dealkylation sites (N-methyl/N-ethyl adjacent to an activating group) is 1. The van der Waals surface area contributed by atoms with E-state index < -0.39 is 0 Å². The molecular formula is C8H15N3S. The Bertz CT molecular complexity index is 230. The van der Waals surface area contributed by atoms with Crippen LogP contribution in [0.2, 0.25) is 0 Å². The molecule has 0 radical (unpaired) electrons. The normalized spacial score (nSPS) is 13.2. The Kier molecular flexibility index (Phi) is 3.62. The third kappa shape index (κ3) is 2.53. The van der Waals surface area contributed by atoms with Crippen molar-refractivity contribution in [3.8, 4) is 0 Å². The lowest BCUT2D eigenvalue weighted by molar-refractivity contribution is 0.542. The van der Waals surface area contributed by atoms with E-state index >= 15 is 0 Å². The zero-order valence-corrected chi connectivity index (χ0v) is 8.61. The van der Waals surface area contributed by atoms with Gasteiger partial charge in [0.05, 0.1) is 0 Å². The van der Waals surface area contributed by atoms with Crippen LogP contribution in [0.4, 0.5) is 0 Å². The van der Waals surface area contributed by atoms with Crippen molar-refractivity contribution in [2.75, 3.05) is 7.05 Å². The van der Waals surface area contributed by atoms with E-state index in [0.717, 1.165) is 23.7 Å². The minimum atomic E-state index is 0.539. The molecule has 0 aliphatic carbocycles. The van der Waals surface area contributed by atoms with Crippen LogP contribution in [0.25, 0.3) is 0 Å². The van der Waals surface area contributed by atoms with Crippen LogP contribution in [0, 0.1) is 6.92 Å².